The van der Waals surface area contributed by atoms with Crippen molar-refractivity contribution in [3.8, 4) is 11.8 Å². The maximum atomic E-state index is 10.9. The number of ether oxygens (including phenoxy) is 1. The summed E-state index contributed by atoms with van der Waals surface area (Å²) in [7, 11) is 1.44. The molecule has 0 amide bonds. The zero-order valence-corrected chi connectivity index (χ0v) is 10.8. The van der Waals surface area contributed by atoms with E-state index in [-0.39, 0.29) is 5.97 Å². The van der Waals surface area contributed by atoms with Crippen LogP contribution in [-0.2, 0) is 9.53 Å². The number of hydrogen-bond donors (Lipinski definition) is 0. The number of carbonyl (C=O) groups is 1. The Labute approximate surface area is 99.8 Å². The van der Waals surface area contributed by atoms with Gasteiger partial charge in [-0.1, -0.05) is 32.6 Å². The van der Waals surface area contributed by atoms with Crippen LogP contribution < -0.4 is 0 Å². The molecule has 0 spiro atoms. The van der Waals surface area contributed by atoms with E-state index in [1.165, 1.54) is 7.11 Å². The highest BCUT2D eigenvalue weighted by molar-refractivity contribution is 5.68. The third-order valence-electron chi connectivity index (χ3n) is 2.64. The number of rotatable bonds is 7. The molecule has 0 aromatic carbocycles. The molecule has 1 unspecified atom stereocenters. The highest BCUT2D eigenvalue weighted by Gasteiger charge is 2.03. The summed E-state index contributed by atoms with van der Waals surface area (Å²) in [6.45, 7) is 4.26. The molecule has 0 saturated carbocycles. The Morgan fingerprint density at radius 2 is 2.00 bits per heavy atom. The van der Waals surface area contributed by atoms with Gasteiger partial charge < -0.3 is 4.74 Å². The normalized spacial score (nSPS) is 11.4. The fourth-order valence-corrected chi connectivity index (χ4v) is 1.56. The van der Waals surface area contributed by atoms with E-state index in [4.69, 9.17) is 0 Å². The fraction of sp³-hybridized carbons (Fsp3) is 0.786. The Kier molecular flexibility index (Phi) is 9.91. The van der Waals surface area contributed by atoms with Gasteiger partial charge in [0.25, 0.3) is 0 Å². The molecule has 2 heteroatoms. The van der Waals surface area contributed by atoms with Crippen LogP contribution in [0.15, 0.2) is 0 Å². The summed E-state index contributed by atoms with van der Waals surface area (Å²) in [5.41, 5.74) is 0. The summed E-state index contributed by atoms with van der Waals surface area (Å²) >= 11 is 0. The predicted octanol–water partition coefficient (Wildman–Crippen LogP) is 3.55. The van der Waals surface area contributed by atoms with Crippen molar-refractivity contribution in [2.75, 3.05) is 7.11 Å². The molecule has 0 fully saturated rings. The monoisotopic (exact) mass is 224 g/mol. The number of unbranched alkanes of at least 4 members (excludes halogenated alkanes) is 2. The third kappa shape index (κ3) is 8.35. The smallest absolute Gasteiger partial charge is 0.305 e. The Balaban J connectivity index is 3.52. The summed E-state index contributed by atoms with van der Waals surface area (Å²) in [5, 5.41) is 0. The third-order valence-corrected chi connectivity index (χ3v) is 2.64. The average Bonchev–Trinajstić information content (AvgIpc) is 2.32. The molecule has 0 N–H and O–H groups in total. The molecule has 0 radical (unpaired) electrons. The van der Waals surface area contributed by atoms with E-state index in [2.05, 4.69) is 30.4 Å². The van der Waals surface area contributed by atoms with Gasteiger partial charge in [0.05, 0.1) is 7.11 Å². The van der Waals surface area contributed by atoms with Crippen molar-refractivity contribution < 1.29 is 9.53 Å². The van der Waals surface area contributed by atoms with Gasteiger partial charge in [-0.15, -0.1) is 5.92 Å². The van der Waals surface area contributed by atoms with Crippen molar-refractivity contribution in [3.05, 3.63) is 0 Å². The molecule has 0 aliphatic carbocycles. The summed E-state index contributed by atoms with van der Waals surface area (Å²) in [6.07, 6.45) is 6.97. The summed E-state index contributed by atoms with van der Waals surface area (Å²) in [4.78, 5) is 10.9. The van der Waals surface area contributed by atoms with E-state index >= 15 is 0 Å². The molecular weight excluding hydrogens is 200 g/mol. The van der Waals surface area contributed by atoms with E-state index in [1.807, 2.05) is 0 Å². The Morgan fingerprint density at radius 1 is 1.25 bits per heavy atom. The van der Waals surface area contributed by atoms with E-state index in [0.29, 0.717) is 12.3 Å². The van der Waals surface area contributed by atoms with E-state index in [1.54, 1.807) is 0 Å². The lowest BCUT2D eigenvalue weighted by molar-refractivity contribution is -0.140. The average molecular weight is 224 g/mol. The molecule has 0 aromatic heterocycles. The maximum absolute atomic E-state index is 10.9. The van der Waals surface area contributed by atoms with Crippen LogP contribution in [-0.4, -0.2) is 13.1 Å². The van der Waals surface area contributed by atoms with Gasteiger partial charge >= 0.3 is 5.97 Å². The molecule has 0 aromatic rings. The van der Waals surface area contributed by atoms with Gasteiger partial charge in [0, 0.05) is 18.8 Å². The molecule has 0 saturated heterocycles. The number of esters is 1. The van der Waals surface area contributed by atoms with Crippen LogP contribution in [0.4, 0.5) is 0 Å². The largest absolute Gasteiger partial charge is 0.469 e. The fourth-order valence-electron chi connectivity index (χ4n) is 1.56. The summed E-state index contributed by atoms with van der Waals surface area (Å²) in [5.74, 6) is 6.87. The molecule has 1 atom stereocenters. The van der Waals surface area contributed by atoms with Crippen LogP contribution in [0.2, 0.25) is 0 Å². The maximum Gasteiger partial charge on any atom is 0.305 e. The van der Waals surface area contributed by atoms with Crippen molar-refractivity contribution >= 4 is 5.97 Å². The second-order valence-corrected chi connectivity index (χ2v) is 3.96. The van der Waals surface area contributed by atoms with Gasteiger partial charge in [0.15, 0.2) is 0 Å². The minimum atomic E-state index is -0.0992. The van der Waals surface area contributed by atoms with Crippen molar-refractivity contribution in [1.82, 2.24) is 0 Å². The van der Waals surface area contributed by atoms with Crippen molar-refractivity contribution in [3.63, 3.8) is 0 Å². The second-order valence-electron chi connectivity index (χ2n) is 3.96. The lowest BCUT2D eigenvalue weighted by Crippen LogP contribution is -2.00. The first-order chi connectivity index (χ1) is 7.74. The SMILES string of the molecule is CCC#CC(CC)CCCCCC(=O)OC. The van der Waals surface area contributed by atoms with Crippen LogP contribution in [0.1, 0.15) is 58.8 Å². The van der Waals surface area contributed by atoms with E-state index < -0.39 is 0 Å². The van der Waals surface area contributed by atoms with Gasteiger partial charge in [-0.2, -0.15) is 0 Å². The number of carbonyl (C=O) groups excluding carboxylic acids is 1. The van der Waals surface area contributed by atoms with Gasteiger partial charge in [-0.3, -0.25) is 4.79 Å². The van der Waals surface area contributed by atoms with Crippen LogP contribution in [0.5, 0.6) is 0 Å². The first-order valence-corrected chi connectivity index (χ1v) is 6.29. The Hall–Kier alpha value is -0.970. The van der Waals surface area contributed by atoms with Crippen LogP contribution in [0.3, 0.4) is 0 Å². The van der Waals surface area contributed by atoms with Crippen molar-refractivity contribution in [2.45, 2.75) is 58.8 Å². The topological polar surface area (TPSA) is 26.3 Å². The highest BCUT2D eigenvalue weighted by atomic mass is 16.5. The molecule has 0 bridgehead atoms. The zero-order chi connectivity index (χ0) is 12.2. The van der Waals surface area contributed by atoms with Crippen LogP contribution in [0, 0.1) is 17.8 Å². The predicted molar refractivity (Wildman–Crippen MR) is 66.9 cm³/mol. The first kappa shape index (κ1) is 15.0. The van der Waals surface area contributed by atoms with E-state index in [0.717, 1.165) is 38.5 Å². The van der Waals surface area contributed by atoms with Crippen LogP contribution in [0.25, 0.3) is 0 Å². The Morgan fingerprint density at radius 3 is 2.56 bits per heavy atom. The van der Waals surface area contributed by atoms with Crippen LogP contribution >= 0.6 is 0 Å². The summed E-state index contributed by atoms with van der Waals surface area (Å²) in [6, 6.07) is 0. The van der Waals surface area contributed by atoms with Gasteiger partial charge in [0.1, 0.15) is 0 Å². The lowest BCUT2D eigenvalue weighted by Gasteiger charge is -2.06. The minimum absolute atomic E-state index is 0.0992. The first-order valence-electron chi connectivity index (χ1n) is 6.29. The second kappa shape index (κ2) is 10.5. The molecular formula is C14H24O2. The quantitative estimate of drug-likeness (QED) is 0.375. The zero-order valence-electron chi connectivity index (χ0n) is 10.8. The summed E-state index contributed by atoms with van der Waals surface area (Å²) < 4.78 is 4.59. The molecule has 0 heterocycles. The molecule has 0 aliphatic rings. The number of hydrogen-bond acceptors (Lipinski definition) is 2. The van der Waals surface area contributed by atoms with Gasteiger partial charge in [-0.25, -0.2) is 0 Å². The molecule has 2 nitrogen and oxygen atoms in total. The molecule has 92 valence electrons. The molecule has 0 rings (SSSR count). The minimum Gasteiger partial charge on any atom is -0.469 e. The lowest BCUT2D eigenvalue weighted by atomic mass is 9.98. The Bertz CT molecular complexity index is 235. The van der Waals surface area contributed by atoms with Gasteiger partial charge in [-0.05, 0) is 19.3 Å². The standard InChI is InChI=1S/C14H24O2/c1-4-6-10-13(5-2)11-8-7-9-12-14(15)16-3/h13H,4-5,7-9,11-12H2,1-3H3. The number of methoxy groups -OCH3 is 1. The van der Waals surface area contributed by atoms with Gasteiger partial charge in [0.2, 0.25) is 0 Å². The molecule has 16 heavy (non-hydrogen) atoms. The van der Waals surface area contributed by atoms with Crippen molar-refractivity contribution in [2.24, 2.45) is 5.92 Å². The molecule has 0 aliphatic heterocycles. The highest BCUT2D eigenvalue weighted by Crippen LogP contribution is 2.13. The van der Waals surface area contributed by atoms with E-state index in [9.17, 15) is 4.79 Å². The van der Waals surface area contributed by atoms with Crippen molar-refractivity contribution in [1.29, 1.82) is 0 Å².